The van der Waals surface area contributed by atoms with Crippen molar-refractivity contribution in [1.29, 1.82) is 0 Å². The molecular formula is C6H7NS. The number of thiocarbonyl (C=S) groups is 1. The van der Waals surface area contributed by atoms with E-state index in [1.165, 1.54) is 0 Å². The molecule has 0 aliphatic heterocycles. The summed E-state index contributed by atoms with van der Waals surface area (Å²) in [5.41, 5.74) is 1.11. The van der Waals surface area contributed by atoms with Crippen LogP contribution < -0.4 is 0 Å². The fourth-order valence-corrected chi connectivity index (χ4v) is 0.670. The Bertz CT molecular complexity index is 176. The van der Waals surface area contributed by atoms with Crippen LogP contribution in [0.15, 0.2) is 18.5 Å². The molecule has 1 heterocycles. The quantitative estimate of drug-likeness (QED) is 0.446. The average Bonchev–Trinajstić information content (AvgIpc) is 2.12. The molecule has 0 bridgehead atoms. The second-order valence-electron chi connectivity index (χ2n) is 1.66. The van der Waals surface area contributed by atoms with E-state index in [9.17, 15) is 0 Å². The topological polar surface area (TPSA) is 15.8 Å². The molecule has 0 atom stereocenters. The molecular weight excluding hydrogens is 118 g/mol. The third-order valence-electron chi connectivity index (χ3n) is 1.00. The lowest BCUT2D eigenvalue weighted by atomic mass is 10.3. The van der Waals surface area contributed by atoms with E-state index in [2.05, 4.69) is 4.98 Å². The number of nitrogens with one attached hydrogen (secondary N) is 1. The second kappa shape index (κ2) is 2.09. The van der Waals surface area contributed by atoms with Crippen molar-refractivity contribution in [3.8, 4) is 0 Å². The van der Waals surface area contributed by atoms with Crippen molar-refractivity contribution < 1.29 is 0 Å². The molecule has 0 fully saturated rings. The lowest BCUT2D eigenvalue weighted by Gasteiger charge is -1.84. The number of H-pyrrole nitrogens is 1. The highest BCUT2D eigenvalue weighted by Crippen LogP contribution is 1.97. The van der Waals surface area contributed by atoms with Crippen molar-refractivity contribution in [3.05, 3.63) is 24.0 Å². The minimum atomic E-state index is 0.936. The number of aromatic nitrogens is 1. The zero-order chi connectivity index (χ0) is 5.98. The SMILES string of the molecule is CC(=S)c1cc[nH]c1. The van der Waals surface area contributed by atoms with Crippen molar-refractivity contribution >= 4 is 17.1 Å². The van der Waals surface area contributed by atoms with E-state index in [1.54, 1.807) is 0 Å². The molecule has 1 aromatic rings. The van der Waals surface area contributed by atoms with Gasteiger partial charge in [0.15, 0.2) is 0 Å². The Labute approximate surface area is 53.7 Å². The molecule has 0 unspecified atom stereocenters. The molecule has 2 heteroatoms. The van der Waals surface area contributed by atoms with Crippen LogP contribution in [-0.2, 0) is 0 Å². The van der Waals surface area contributed by atoms with Gasteiger partial charge < -0.3 is 4.98 Å². The molecule has 0 aliphatic carbocycles. The third-order valence-corrected chi connectivity index (χ3v) is 1.24. The summed E-state index contributed by atoms with van der Waals surface area (Å²) >= 11 is 4.90. The summed E-state index contributed by atoms with van der Waals surface area (Å²) in [6, 6.07) is 1.96. The fourth-order valence-electron chi connectivity index (χ4n) is 0.543. The van der Waals surface area contributed by atoms with Crippen molar-refractivity contribution in [2.75, 3.05) is 0 Å². The van der Waals surface area contributed by atoms with Gasteiger partial charge in [-0.2, -0.15) is 0 Å². The Morgan fingerprint density at radius 1 is 1.75 bits per heavy atom. The van der Waals surface area contributed by atoms with E-state index in [0.29, 0.717) is 0 Å². The van der Waals surface area contributed by atoms with Crippen molar-refractivity contribution in [1.82, 2.24) is 4.98 Å². The van der Waals surface area contributed by atoms with Gasteiger partial charge in [-0.1, -0.05) is 12.2 Å². The van der Waals surface area contributed by atoms with Crippen molar-refractivity contribution in [2.24, 2.45) is 0 Å². The first-order chi connectivity index (χ1) is 3.80. The summed E-state index contributed by atoms with van der Waals surface area (Å²) in [4.78, 5) is 3.86. The van der Waals surface area contributed by atoms with Gasteiger partial charge in [0.2, 0.25) is 0 Å². The molecule has 0 aliphatic rings. The Balaban J connectivity index is 2.93. The molecule has 0 saturated carbocycles. The third kappa shape index (κ3) is 0.954. The summed E-state index contributed by atoms with van der Waals surface area (Å²) in [7, 11) is 0. The van der Waals surface area contributed by atoms with E-state index in [-0.39, 0.29) is 0 Å². The van der Waals surface area contributed by atoms with Gasteiger partial charge in [0.05, 0.1) is 0 Å². The van der Waals surface area contributed by atoms with E-state index in [1.807, 2.05) is 25.4 Å². The van der Waals surface area contributed by atoms with E-state index < -0.39 is 0 Å². The van der Waals surface area contributed by atoms with Crippen LogP contribution in [0.2, 0.25) is 0 Å². The fraction of sp³-hybridized carbons (Fsp3) is 0.167. The molecule has 1 N–H and O–H groups in total. The largest absolute Gasteiger partial charge is 0.367 e. The molecule has 1 nitrogen and oxygen atoms in total. The van der Waals surface area contributed by atoms with Crippen LogP contribution in [-0.4, -0.2) is 9.85 Å². The van der Waals surface area contributed by atoms with Crippen LogP contribution in [0.1, 0.15) is 12.5 Å². The number of hydrogen-bond donors (Lipinski definition) is 1. The standard InChI is InChI=1S/C6H7NS/c1-5(8)6-2-3-7-4-6/h2-4,7H,1H3. The first-order valence-corrected chi connectivity index (χ1v) is 2.85. The van der Waals surface area contributed by atoms with E-state index in [4.69, 9.17) is 12.2 Å². The predicted molar refractivity (Wildman–Crippen MR) is 38.2 cm³/mol. The molecule has 0 aromatic carbocycles. The van der Waals surface area contributed by atoms with Crippen LogP contribution in [0.5, 0.6) is 0 Å². The zero-order valence-corrected chi connectivity index (χ0v) is 5.46. The monoisotopic (exact) mass is 125 g/mol. The summed E-state index contributed by atoms with van der Waals surface area (Å²) in [5.74, 6) is 0. The van der Waals surface area contributed by atoms with Gasteiger partial charge in [0.1, 0.15) is 0 Å². The Kier molecular flexibility index (Phi) is 1.44. The maximum atomic E-state index is 4.90. The summed E-state index contributed by atoms with van der Waals surface area (Å²) in [5, 5.41) is 0. The maximum Gasteiger partial charge on any atom is 0.0208 e. The zero-order valence-electron chi connectivity index (χ0n) is 4.64. The lowest BCUT2D eigenvalue weighted by molar-refractivity contribution is 1.41. The van der Waals surface area contributed by atoms with Gasteiger partial charge in [-0.15, -0.1) is 0 Å². The highest BCUT2D eigenvalue weighted by molar-refractivity contribution is 7.80. The van der Waals surface area contributed by atoms with Crippen molar-refractivity contribution in [3.63, 3.8) is 0 Å². The number of aromatic amines is 1. The molecule has 8 heavy (non-hydrogen) atoms. The highest BCUT2D eigenvalue weighted by Gasteiger charge is 1.89. The molecule has 0 amide bonds. The average molecular weight is 125 g/mol. The minimum Gasteiger partial charge on any atom is -0.367 e. The van der Waals surface area contributed by atoms with Gasteiger partial charge >= 0.3 is 0 Å². The molecule has 0 radical (unpaired) electrons. The molecule has 1 rings (SSSR count). The molecule has 0 saturated heterocycles. The molecule has 0 spiro atoms. The van der Waals surface area contributed by atoms with Crippen LogP contribution in [0, 0.1) is 0 Å². The Hall–Kier alpha value is -0.630. The van der Waals surface area contributed by atoms with E-state index in [0.717, 1.165) is 10.4 Å². The highest BCUT2D eigenvalue weighted by atomic mass is 32.1. The predicted octanol–water partition coefficient (Wildman–Crippen LogP) is 1.75. The summed E-state index contributed by atoms with van der Waals surface area (Å²) in [6.07, 6.45) is 3.76. The Morgan fingerprint density at radius 3 is 2.75 bits per heavy atom. The summed E-state index contributed by atoms with van der Waals surface area (Å²) < 4.78 is 0. The van der Waals surface area contributed by atoms with Crippen molar-refractivity contribution in [2.45, 2.75) is 6.92 Å². The van der Waals surface area contributed by atoms with Gasteiger partial charge in [-0.3, -0.25) is 0 Å². The summed E-state index contributed by atoms with van der Waals surface area (Å²) in [6.45, 7) is 1.92. The van der Waals surface area contributed by atoms with Gasteiger partial charge in [0.25, 0.3) is 0 Å². The lowest BCUT2D eigenvalue weighted by Crippen LogP contribution is -1.83. The van der Waals surface area contributed by atoms with Gasteiger partial charge in [-0.25, -0.2) is 0 Å². The first kappa shape index (κ1) is 5.51. The second-order valence-corrected chi connectivity index (χ2v) is 2.27. The van der Waals surface area contributed by atoms with Crippen LogP contribution in [0.4, 0.5) is 0 Å². The van der Waals surface area contributed by atoms with E-state index >= 15 is 0 Å². The van der Waals surface area contributed by atoms with Crippen LogP contribution in [0.3, 0.4) is 0 Å². The molecule has 1 aromatic heterocycles. The van der Waals surface area contributed by atoms with Gasteiger partial charge in [0, 0.05) is 22.8 Å². The first-order valence-electron chi connectivity index (χ1n) is 2.44. The van der Waals surface area contributed by atoms with Gasteiger partial charge in [-0.05, 0) is 13.0 Å². The normalized spacial score (nSPS) is 9.12. The maximum absolute atomic E-state index is 4.90. The van der Waals surface area contributed by atoms with Crippen LogP contribution in [0.25, 0.3) is 0 Å². The Morgan fingerprint density at radius 2 is 2.50 bits per heavy atom. The number of hydrogen-bond acceptors (Lipinski definition) is 1. The smallest absolute Gasteiger partial charge is 0.0208 e. The number of rotatable bonds is 1. The molecule has 42 valence electrons. The van der Waals surface area contributed by atoms with Crippen LogP contribution >= 0.6 is 12.2 Å². The minimum absolute atomic E-state index is 0.936.